The number of hydrogen-bond donors (Lipinski definition) is 1. The van der Waals surface area contributed by atoms with Crippen LogP contribution in [-0.2, 0) is 0 Å². The summed E-state index contributed by atoms with van der Waals surface area (Å²) in [5, 5.41) is 5.00. The molecule has 0 aromatic carbocycles. The van der Waals surface area contributed by atoms with Crippen LogP contribution in [0, 0.1) is 0 Å². The molecule has 0 aliphatic rings. The summed E-state index contributed by atoms with van der Waals surface area (Å²) in [5.74, 6) is 0. The number of imidazole rings is 1. The molecule has 4 aromatic rings. The van der Waals surface area contributed by atoms with Gasteiger partial charge in [-0.3, -0.25) is 0 Å². The summed E-state index contributed by atoms with van der Waals surface area (Å²) in [6, 6.07) is 3.63. The van der Waals surface area contributed by atoms with Crippen molar-refractivity contribution in [2.45, 2.75) is 13.3 Å². The smallest absolute Gasteiger partial charge is 0.318 e. The summed E-state index contributed by atoms with van der Waals surface area (Å²) in [7, 11) is 0. The summed E-state index contributed by atoms with van der Waals surface area (Å²) in [6.45, 7) is 2.31. The van der Waals surface area contributed by atoms with Crippen LogP contribution >= 0.6 is 0 Å². The molecule has 0 bridgehead atoms. The van der Waals surface area contributed by atoms with Crippen molar-refractivity contribution in [2.24, 2.45) is 0 Å². The van der Waals surface area contributed by atoms with Gasteiger partial charge in [0.25, 0.3) is 6.43 Å². The van der Waals surface area contributed by atoms with E-state index in [1.807, 2.05) is 6.92 Å². The van der Waals surface area contributed by atoms with Crippen molar-refractivity contribution >= 4 is 16.7 Å². The minimum Gasteiger partial charge on any atom is -0.464 e. The average molecular weight is 330 g/mol. The van der Waals surface area contributed by atoms with Gasteiger partial charge in [0.15, 0.2) is 5.65 Å². The summed E-state index contributed by atoms with van der Waals surface area (Å²) in [5.41, 5.74) is 1.93. The van der Waals surface area contributed by atoms with Crippen LogP contribution in [0.5, 0.6) is 6.01 Å². The van der Waals surface area contributed by atoms with Gasteiger partial charge in [0.05, 0.1) is 18.5 Å². The zero-order chi connectivity index (χ0) is 16.7. The highest BCUT2D eigenvalue weighted by Crippen LogP contribution is 2.28. The van der Waals surface area contributed by atoms with Crippen LogP contribution in [0.2, 0.25) is 0 Å². The van der Waals surface area contributed by atoms with Gasteiger partial charge < -0.3 is 9.72 Å². The Morgan fingerprint density at radius 1 is 1.25 bits per heavy atom. The molecular weight excluding hydrogens is 318 g/mol. The number of alkyl halides is 2. The van der Waals surface area contributed by atoms with Crippen LogP contribution in [0.4, 0.5) is 8.78 Å². The summed E-state index contributed by atoms with van der Waals surface area (Å²) in [4.78, 5) is 15.3. The van der Waals surface area contributed by atoms with Crippen molar-refractivity contribution in [1.29, 1.82) is 0 Å². The SMILES string of the molecule is CCOc1ncc2c(-c3ccc4ncc(C(F)F)n4n3)c[nH]c2n1. The average Bonchev–Trinajstić information content (AvgIpc) is 3.18. The van der Waals surface area contributed by atoms with Crippen LogP contribution in [-0.4, -0.2) is 36.2 Å². The Hall–Kier alpha value is -3.10. The van der Waals surface area contributed by atoms with E-state index >= 15 is 0 Å². The maximum atomic E-state index is 13.0. The third-order valence-electron chi connectivity index (χ3n) is 3.57. The van der Waals surface area contributed by atoms with Crippen LogP contribution < -0.4 is 4.74 Å². The first-order valence-corrected chi connectivity index (χ1v) is 7.27. The van der Waals surface area contributed by atoms with Gasteiger partial charge in [0, 0.05) is 23.3 Å². The molecule has 0 saturated heterocycles. The molecular formula is C15H12F2N6O. The highest BCUT2D eigenvalue weighted by Gasteiger charge is 2.16. The normalized spacial score (nSPS) is 11.7. The molecule has 7 nitrogen and oxygen atoms in total. The van der Waals surface area contributed by atoms with E-state index in [9.17, 15) is 8.78 Å². The monoisotopic (exact) mass is 330 g/mol. The molecule has 0 fully saturated rings. The molecule has 24 heavy (non-hydrogen) atoms. The van der Waals surface area contributed by atoms with Gasteiger partial charge in [-0.1, -0.05) is 0 Å². The molecule has 0 amide bonds. The van der Waals surface area contributed by atoms with Crippen molar-refractivity contribution in [3.8, 4) is 17.3 Å². The van der Waals surface area contributed by atoms with E-state index < -0.39 is 6.43 Å². The largest absolute Gasteiger partial charge is 0.464 e. The molecule has 0 radical (unpaired) electrons. The number of fused-ring (bicyclic) bond motifs is 2. The van der Waals surface area contributed by atoms with Crippen LogP contribution in [0.15, 0.2) is 30.7 Å². The maximum Gasteiger partial charge on any atom is 0.318 e. The lowest BCUT2D eigenvalue weighted by molar-refractivity contribution is 0.143. The van der Waals surface area contributed by atoms with Crippen molar-refractivity contribution in [1.82, 2.24) is 29.5 Å². The number of nitrogens with zero attached hydrogens (tertiary/aromatic N) is 5. The zero-order valence-corrected chi connectivity index (χ0v) is 12.6. The fraction of sp³-hybridized carbons (Fsp3) is 0.200. The molecule has 0 aliphatic carbocycles. The Balaban J connectivity index is 1.84. The quantitative estimate of drug-likeness (QED) is 0.622. The highest BCUT2D eigenvalue weighted by molar-refractivity contribution is 5.92. The number of aromatic nitrogens is 6. The first-order valence-electron chi connectivity index (χ1n) is 7.27. The first-order chi connectivity index (χ1) is 11.7. The van der Waals surface area contributed by atoms with Crippen LogP contribution in [0.25, 0.3) is 27.9 Å². The molecule has 0 spiro atoms. The molecule has 0 aliphatic heterocycles. The number of ether oxygens (including phenoxy) is 1. The van der Waals surface area contributed by atoms with Crippen LogP contribution in [0.3, 0.4) is 0 Å². The lowest BCUT2D eigenvalue weighted by Gasteiger charge is -2.03. The van der Waals surface area contributed by atoms with E-state index in [1.165, 1.54) is 0 Å². The Morgan fingerprint density at radius 2 is 2.12 bits per heavy atom. The summed E-state index contributed by atoms with van der Waals surface area (Å²) in [6.07, 6.45) is 1.81. The second kappa shape index (κ2) is 5.52. The molecule has 9 heteroatoms. The molecule has 1 N–H and O–H groups in total. The van der Waals surface area contributed by atoms with Gasteiger partial charge in [-0.05, 0) is 19.1 Å². The van der Waals surface area contributed by atoms with E-state index in [0.717, 1.165) is 16.1 Å². The van der Waals surface area contributed by atoms with Gasteiger partial charge in [0.2, 0.25) is 0 Å². The minimum absolute atomic E-state index is 0.249. The number of H-pyrrole nitrogens is 1. The fourth-order valence-corrected chi connectivity index (χ4v) is 2.49. The topological polar surface area (TPSA) is 81.0 Å². The summed E-state index contributed by atoms with van der Waals surface area (Å²) >= 11 is 0. The van der Waals surface area contributed by atoms with Gasteiger partial charge in [0.1, 0.15) is 11.3 Å². The zero-order valence-electron chi connectivity index (χ0n) is 12.6. The second-order valence-corrected chi connectivity index (χ2v) is 5.02. The van der Waals surface area contributed by atoms with Crippen LogP contribution in [0.1, 0.15) is 19.0 Å². The van der Waals surface area contributed by atoms with E-state index in [4.69, 9.17) is 4.74 Å². The van der Waals surface area contributed by atoms with Crippen molar-refractivity contribution in [2.75, 3.05) is 6.61 Å². The second-order valence-electron chi connectivity index (χ2n) is 5.02. The van der Waals surface area contributed by atoms with E-state index in [0.29, 0.717) is 29.2 Å². The number of aromatic amines is 1. The first kappa shape index (κ1) is 14.5. The number of halogens is 2. The molecule has 0 saturated carbocycles. The molecule has 4 rings (SSSR count). The number of nitrogens with one attached hydrogen (secondary N) is 1. The minimum atomic E-state index is -2.65. The fourth-order valence-electron chi connectivity index (χ4n) is 2.49. The lowest BCUT2D eigenvalue weighted by Crippen LogP contribution is -1.99. The number of hydrogen-bond acceptors (Lipinski definition) is 5. The van der Waals surface area contributed by atoms with E-state index in [1.54, 1.807) is 24.5 Å². The van der Waals surface area contributed by atoms with E-state index in [-0.39, 0.29) is 11.7 Å². The number of rotatable bonds is 4. The van der Waals surface area contributed by atoms with Gasteiger partial charge >= 0.3 is 6.01 Å². The van der Waals surface area contributed by atoms with E-state index in [2.05, 4.69) is 25.0 Å². The molecule has 122 valence electrons. The standard InChI is InChI=1S/C15H12F2N6O/c1-2-24-15-20-6-9-8(5-19-14(9)21-15)10-3-4-12-18-7-11(13(16)17)23(12)22-10/h3-7,13H,2H2,1H3,(H,19,20,21). The highest BCUT2D eigenvalue weighted by atomic mass is 19.3. The van der Waals surface area contributed by atoms with Gasteiger partial charge in [-0.2, -0.15) is 10.1 Å². The molecule has 0 atom stereocenters. The third kappa shape index (κ3) is 2.25. The maximum absolute atomic E-state index is 13.0. The van der Waals surface area contributed by atoms with Gasteiger partial charge in [-0.25, -0.2) is 23.3 Å². The Bertz CT molecular complexity index is 1030. The Labute approximate surface area is 134 Å². The third-order valence-corrected chi connectivity index (χ3v) is 3.57. The van der Waals surface area contributed by atoms with Crippen molar-refractivity contribution < 1.29 is 13.5 Å². The summed E-state index contributed by atoms with van der Waals surface area (Å²) < 4.78 is 32.5. The predicted molar refractivity (Wildman–Crippen MR) is 82.0 cm³/mol. The van der Waals surface area contributed by atoms with Gasteiger partial charge in [-0.15, -0.1) is 0 Å². The Morgan fingerprint density at radius 3 is 2.92 bits per heavy atom. The molecule has 4 heterocycles. The molecule has 0 unspecified atom stereocenters. The predicted octanol–water partition coefficient (Wildman–Crippen LogP) is 3.00. The van der Waals surface area contributed by atoms with Crippen molar-refractivity contribution in [3.05, 3.63) is 36.4 Å². The molecule has 4 aromatic heterocycles. The van der Waals surface area contributed by atoms with Crippen molar-refractivity contribution in [3.63, 3.8) is 0 Å². The Kier molecular flexibility index (Phi) is 3.33. The lowest BCUT2D eigenvalue weighted by atomic mass is 10.2.